The third kappa shape index (κ3) is 4.06. The van der Waals surface area contributed by atoms with Crippen LogP contribution in [0.25, 0.3) is 0 Å². The van der Waals surface area contributed by atoms with Gasteiger partial charge in [0.2, 0.25) is 6.29 Å². The normalized spacial score (nSPS) is 54.9. The maximum Gasteiger partial charge on any atom is 0.331 e. The van der Waals surface area contributed by atoms with Crippen molar-refractivity contribution < 1.29 is 59.5 Å². The Hall–Kier alpha value is -1.48. The quantitative estimate of drug-likeness (QED) is 0.107. The Bertz CT molecular complexity index is 1100. The predicted octanol–water partition coefficient (Wildman–Crippen LogP) is -0.348. The lowest BCUT2D eigenvalue weighted by molar-refractivity contribution is -0.444. The molecular weight excluding hydrogens is 540 g/mol. The van der Waals surface area contributed by atoms with Gasteiger partial charge in [0.25, 0.3) is 0 Å². The van der Waals surface area contributed by atoms with Crippen LogP contribution in [0.2, 0.25) is 0 Å². The van der Waals surface area contributed by atoms with Gasteiger partial charge in [-0.2, -0.15) is 0 Å². The number of esters is 1. The molecule has 0 aromatic rings. The van der Waals surface area contributed by atoms with Crippen molar-refractivity contribution in [3.8, 4) is 0 Å². The van der Waals surface area contributed by atoms with Gasteiger partial charge in [-0.25, -0.2) is 14.6 Å². The van der Waals surface area contributed by atoms with Crippen molar-refractivity contribution in [2.24, 2.45) is 28.6 Å². The lowest BCUT2D eigenvalue weighted by Gasteiger charge is -2.66. The van der Waals surface area contributed by atoms with Crippen molar-refractivity contribution in [3.63, 3.8) is 0 Å². The summed E-state index contributed by atoms with van der Waals surface area (Å²) in [4.78, 5) is 35.7. The Kier molecular flexibility index (Phi) is 7.24. The Morgan fingerprint density at radius 1 is 0.976 bits per heavy atom. The average molecular weight is 583 g/mol. The van der Waals surface area contributed by atoms with Gasteiger partial charge >= 0.3 is 5.97 Å². The highest BCUT2D eigenvalue weighted by molar-refractivity contribution is 5.85. The van der Waals surface area contributed by atoms with Crippen LogP contribution in [0.15, 0.2) is 11.6 Å². The maximum absolute atomic E-state index is 13.0. The lowest BCUT2D eigenvalue weighted by Crippen LogP contribution is -2.71. The number of rotatable bonds is 5. The Balaban J connectivity index is 1.20. The number of aliphatic hydroxyl groups is 6. The Morgan fingerprint density at radius 3 is 2.41 bits per heavy atom. The van der Waals surface area contributed by atoms with Crippen LogP contribution in [0.3, 0.4) is 0 Å². The molecule has 0 aromatic carbocycles. The molecule has 4 saturated carbocycles. The molecule has 0 bridgehead atoms. The molecule has 0 aromatic heterocycles. The Morgan fingerprint density at radius 2 is 1.73 bits per heavy atom. The number of carbonyl (C=O) groups is 2. The van der Waals surface area contributed by atoms with E-state index in [0.717, 1.165) is 11.9 Å². The summed E-state index contributed by atoms with van der Waals surface area (Å²) in [6.07, 6.45) is -3.29. The van der Waals surface area contributed by atoms with Crippen LogP contribution in [-0.4, -0.2) is 104 Å². The maximum atomic E-state index is 13.0. The van der Waals surface area contributed by atoms with Crippen LogP contribution >= 0.6 is 0 Å². The van der Waals surface area contributed by atoms with Gasteiger partial charge in [-0.15, -0.1) is 0 Å². The van der Waals surface area contributed by atoms with Crippen LogP contribution in [0.1, 0.15) is 65.2 Å². The van der Waals surface area contributed by atoms with Crippen molar-refractivity contribution >= 4 is 12.3 Å². The molecule has 1 saturated heterocycles. The van der Waals surface area contributed by atoms with Gasteiger partial charge in [0.1, 0.15) is 31.2 Å². The van der Waals surface area contributed by atoms with E-state index in [2.05, 4.69) is 0 Å². The highest BCUT2D eigenvalue weighted by Gasteiger charge is 2.74. The highest BCUT2D eigenvalue weighted by atomic mass is 17.2. The van der Waals surface area contributed by atoms with Crippen molar-refractivity contribution in [1.29, 1.82) is 0 Å². The summed E-state index contributed by atoms with van der Waals surface area (Å²) in [5.41, 5.74) is -4.14. The summed E-state index contributed by atoms with van der Waals surface area (Å²) in [7, 11) is 0. The largest absolute Gasteiger partial charge is 0.458 e. The zero-order valence-corrected chi connectivity index (χ0v) is 23.4. The number of cyclic esters (lactones) is 1. The first kappa shape index (κ1) is 29.6. The fraction of sp³-hybridized carbons (Fsp3) is 0.862. The van der Waals surface area contributed by atoms with Crippen LogP contribution < -0.4 is 0 Å². The van der Waals surface area contributed by atoms with E-state index in [1.54, 1.807) is 0 Å². The van der Waals surface area contributed by atoms with Gasteiger partial charge in [-0.1, -0.05) is 6.92 Å². The standard InChI is InChI=1S/C29H42O12/c1-14-22(33)23(34)24(35)25(39-14)41-40-16-3-6-27(13-30)19-10-20(31)26(2)17(15-9-21(32)38-12-15)5-8-29(26,37)18(19)4-7-28(27,36)11-16/h9,13-14,16-20,22-25,31,33-37H,3-8,10-12H2,1-2H3/t14-,16+,17-,18?,19?,20-,22+,23-,24-,25+,26+,27+,28+,29+/m1/s1. The summed E-state index contributed by atoms with van der Waals surface area (Å²) >= 11 is 0. The molecule has 0 amide bonds. The van der Waals surface area contributed by atoms with Crippen LogP contribution in [0.4, 0.5) is 0 Å². The molecule has 6 aliphatic rings. The first-order valence-corrected chi connectivity index (χ1v) is 14.8. The molecule has 5 fully saturated rings. The lowest BCUT2D eigenvalue weighted by atomic mass is 9.41. The zero-order valence-electron chi connectivity index (χ0n) is 23.4. The fourth-order valence-electron chi connectivity index (χ4n) is 9.62. The molecule has 2 aliphatic heterocycles. The molecule has 12 nitrogen and oxygen atoms in total. The van der Waals surface area contributed by atoms with Crippen LogP contribution in [0.5, 0.6) is 0 Å². The molecule has 6 N–H and O–H groups in total. The SMILES string of the molecule is C[C@H]1O[C@@H](OO[C@H]2CC[C@]3(C=O)C4C[C@@H](O)[C@]5(C)[C@@H](C6=CC(=O)OC6)CC[C@]5(O)C4CC[C@]3(O)C2)[C@H](O)[C@H](O)[C@H]1O. The smallest absolute Gasteiger partial charge is 0.331 e. The molecule has 41 heavy (non-hydrogen) atoms. The molecule has 2 heterocycles. The van der Waals surface area contributed by atoms with Gasteiger partial charge in [-0.3, -0.25) is 0 Å². The van der Waals surface area contributed by atoms with Crippen LogP contribution in [-0.2, 0) is 28.8 Å². The van der Waals surface area contributed by atoms with Crippen molar-refractivity contribution in [2.45, 2.75) is 119 Å². The summed E-state index contributed by atoms with van der Waals surface area (Å²) < 4.78 is 10.6. The number of carbonyl (C=O) groups excluding carboxylic acids is 2. The number of fused-ring (bicyclic) bond motifs is 5. The summed E-state index contributed by atoms with van der Waals surface area (Å²) in [6.45, 7) is 3.56. The van der Waals surface area contributed by atoms with E-state index in [0.29, 0.717) is 25.7 Å². The minimum Gasteiger partial charge on any atom is -0.458 e. The molecule has 14 atom stereocenters. The highest BCUT2D eigenvalue weighted by Crippen LogP contribution is 2.70. The number of aldehydes is 1. The fourth-order valence-corrected chi connectivity index (χ4v) is 9.62. The van der Waals surface area contributed by atoms with E-state index in [-0.39, 0.29) is 44.1 Å². The molecule has 4 aliphatic carbocycles. The van der Waals surface area contributed by atoms with E-state index in [9.17, 15) is 40.2 Å². The number of hydrogen-bond acceptors (Lipinski definition) is 12. The minimum atomic E-state index is -1.55. The van der Waals surface area contributed by atoms with Gasteiger partial charge in [0, 0.05) is 17.9 Å². The second-order valence-electron chi connectivity index (χ2n) is 13.6. The monoisotopic (exact) mass is 582 g/mol. The van der Waals surface area contributed by atoms with Gasteiger partial charge < -0.3 is 44.9 Å². The molecule has 0 spiro atoms. The molecule has 0 radical (unpaired) electrons. The van der Waals surface area contributed by atoms with E-state index >= 15 is 0 Å². The van der Waals surface area contributed by atoms with E-state index in [1.165, 1.54) is 13.0 Å². The summed E-state index contributed by atoms with van der Waals surface area (Å²) in [5, 5.41) is 66.2. The van der Waals surface area contributed by atoms with E-state index in [1.807, 2.05) is 6.92 Å². The van der Waals surface area contributed by atoms with Crippen LogP contribution in [0, 0.1) is 28.6 Å². The minimum absolute atomic E-state index is 0.0548. The average Bonchev–Trinajstić information content (AvgIpc) is 3.49. The molecule has 6 rings (SSSR count). The van der Waals surface area contributed by atoms with Crippen molar-refractivity contribution in [2.75, 3.05) is 6.61 Å². The number of hydrogen-bond donors (Lipinski definition) is 6. The molecule has 2 unspecified atom stereocenters. The van der Waals surface area contributed by atoms with Gasteiger partial charge in [0.05, 0.1) is 34.9 Å². The van der Waals surface area contributed by atoms with Gasteiger partial charge in [0.15, 0.2) is 0 Å². The summed E-state index contributed by atoms with van der Waals surface area (Å²) in [6, 6.07) is 0. The third-order valence-electron chi connectivity index (χ3n) is 12.0. The second kappa shape index (κ2) is 10.0. The van der Waals surface area contributed by atoms with E-state index in [4.69, 9.17) is 19.2 Å². The first-order valence-electron chi connectivity index (χ1n) is 14.8. The van der Waals surface area contributed by atoms with Gasteiger partial charge in [-0.05, 0) is 75.2 Å². The predicted molar refractivity (Wildman–Crippen MR) is 137 cm³/mol. The Labute approximate surface area is 238 Å². The molecule has 230 valence electrons. The number of ether oxygens (including phenoxy) is 2. The zero-order chi connectivity index (χ0) is 29.5. The first-order chi connectivity index (χ1) is 19.3. The molecular formula is C29H42O12. The third-order valence-corrected chi connectivity index (χ3v) is 12.0. The van der Waals surface area contributed by atoms with E-state index < -0.39 is 76.8 Å². The van der Waals surface area contributed by atoms with Crippen molar-refractivity contribution in [3.05, 3.63) is 11.6 Å². The molecule has 12 heteroatoms. The summed E-state index contributed by atoms with van der Waals surface area (Å²) in [5.74, 6) is -1.45. The topological polar surface area (TPSA) is 192 Å². The van der Waals surface area contributed by atoms with Crippen molar-refractivity contribution in [1.82, 2.24) is 0 Å². The second-order valence-corrected chi connectivity index (χ2v) is 13.6. The number of aliphatic hydroxyl groups excluding tert-OH is 4.